The van der Waals surface area contributed by atoms with Crippen molar-refractivity contribution in [1.29, 1.82) is 0 Å². The van der Waals surface area contributed by atoms with Gasteiger partial charge >= 0.3 is 5.97 Å². The SMILES string of the molecule is COc1ccc(-c2cnc3c(c2)c(O)c(C(=O)NCC(=O)O)c(=O)n3C)cn1. The summed E-state index contributed by atoms with van der Waals surface area (Å²) in [6.07, 6.45) is 3.07. The molecule has 0 aliphatic rings. The number of nitrogens with zero attached hydrogens (tertiary/aromatic N) is 3. The number of carbonyl (C=O) groups is 2. The number of amides is 1. The molecule has 3 heterocycles. The second-order valence-electron chi connectivity index (χ2n) is 5.85. The van der Waals surface area contributed by atoms with Gasteiger partial charge < -0.3 is 20.3 Å². The lowest BCUT2D eigenvalue weighted by molar-refractivity contribution is -0.135. The highest BCUT2D eigenvalue weighted by atomic mass is 16.5. The fourth-order valence-electron chi connectivity index (χ4n) is 2.68. The van der Waals surface area contributed by atoms with Gasteiger partial charge in [-0.1, -0.05) is 0 Å². The third-order valence-corrected chi connectivity index (χ3v) is 4.10. The van der Waals surface area contributed by atoms with E-state index in [2.05, 4.69) is 15.3 Å². The smallest absolute Gasteiger partial charge is 0.322 e. The molecule has 144 valence electrons. The number of hydrogen-bond acceptors (Lipinski definition) is 7. The molecule has 10 nitrogen and oxygen atoms in total. The quantitative estimate of drug-likeness (QED) is 0.578. The van der Waals surface area contributed by atoms with Gasteiger partial charge in [-0.15, -0.1) is 0 Å². The summed E-state index contributed by atoms with van der Waals surface area (Å²) >= 11 is 0. The number of pyridine rings is 3. The number of rotatable bonds is 5. The van der Waals surface area contributed by atoms with Crippen molar-refractivity contribution < 1.29 is 24.5 Å². The fourth-order valence-corrected chi connectivity index (χ4v) is 2.68. The van der Waals surface area contributed by atoms with Crippen LogP contribution in [-0.2, 0) is 11.8 Å². The lowest BCUT2D eigenvalue weighted by Crippen LogP contribution is -2.35. The zero-order valence-electron chi connectivity index (χ0n) is 15.0. The Hall–Kier alpha value is -3.95. The van der Waals surface area contributed by atoms with Crippen LogP contribution in [0.1, 0.15) is 10.4 Å². The second-order valence-corrected chi connectivity index (χ2v) is 5.85. The van der Waals surface area contributed by atoms with Crippen LogP contribution in [0.5, 0.6) is 11.6 Å². The fraction of sp³-hybridized carbons (Fsp3) is 0.167. The van der Waals surface area contributed by atoms with Crippen LogP contribution in [0.4, 0.5) is 0 Å². The van der Waals surface area contributed by atoms with E-state index in [1.807, 2.05) is 0 Å². The molecule has 0 saturated heterocycles. The summed E-state index contributed by atoms with van der Waals surface area (Å²) in [6.45, 7) is -0.685. The summed E-state index contributed by atoms with van der Waals surface area (Å²) in [5.74, 6) is -2.41. The van der Waals surface area contributed by atoms with Crippen LogP contribution in [0, 0.1) is 0 Å². The maximum absolute atomic E-state index is 12.4. The first kappa shape index (κ1) is 18.8. The number of hydrogen-bond donors (Lipinski definition) is 3. The minimum atomic E-state index is -1.28. The van der Waals surface area contributed by atoms with E-state index in [1.54, 1.807) is 24.4 Å². The Balaban J connectivity index is 2.15. The summed E-state index contributed by atoms with van der Waals surface area (Å²) in [5, 5.41) is 21.5. The number of aromatic hydroxyl groups is 1. The molecule has 0 aliphatic carbocycles. The molecule has 0 unspecified atom stereocenters. The number of carboxylic acid groups (broad SMARTS) is 1. The Bertz CT molecular complexity index is 1140. The molecule has 3 aromatic heterocycles. The van der Waals surface area contributed by atoms with Crippen molar-refractivity contribution in [2.45, 2.75) is 0 Å². The van der Waals surface area contributed by atoms with Crippen molar-refractivity contribution in [2.75, 3.05) is 13.7 Å². The van der Waals surface area contributed by atoms with Crippen LogP contribution < -0.4 is 15.6 Å². The number of methoxy groups -OCH3 is 1. The standard InChI is InChI=1S/C18H16N4O6/c1-22-16-11(15(25)14(18(22)27)17(26)21-8-13(23)24)5-10(7-20-16)9-3-4-12(28-2)19-6-9/h3-7,25H,8H2,1-2H3,(H,21,26)(H,23,24). The number of aryl methyl sites for hydroxylation is 1. The Kier molecular flexibility index (Phi) is 4.94. The number of ether oxygens (including phenoxy) is 1. The highest BCUT2D eigenvalue weighted by Crippen LogP contribution is 2.29. The molecule has 0 saturated carbocycles. The zero-order chi connectivity index (χ0) is 20.4. The van der Waals surface area contributed by atoms with E-state index in [-0.39, 0.29) is 11.0 Å². The molecule has 0 atom stereocenters. The van der Waals surface area contributed by atoms with Crippen LogP contribution in [0.2, 0.25) is 0 Å². The summed E-state index contributed by atoms with van der Waals surface area (Å²) in [7, 11) is 2.90. The molecule has 0 fully saturated rings. The normalized spacial score (nSPS) is 10.6. The summed E-state index contributed by atoms with van der Waals surface area (Å²) < 4.78 is 6.13. The molecule has 0 spiro atoms. The van der Waals surface area contributed by atoms with Gasteiger partial charge in [0.25, 0.3) is 11.5 Å². The molecule has 3 rings (SSSR count). The molecule has 0 aromatic carbocycles. The Labute approximate surface area is 158 Å². The van der Waals surface area contributed by atoms with E-state index in [0.29, 0.717) is 17.0 Å². The van der Waals surface area contributed by atoms with Crippen molar-refractivity contribution in [3.8, 4) is 22.8 Å². The van der Waals surface area contributed by atoms with Crippen molar-refractivity contribution >= 4 is 22.9 Å². The van der Waals surface area contributed by atoms with E-state index < -0.39 is 35.3 Å². The van der Waals surface area contributed by atoms with Crippen molar-refractivity contribution in [3.63, 3.8) is 0 Å². The molecule has 28 heavy (non-hydrogen) atoms. The van der Waals surface area contributed by atoms with Gasteiger partial charge in [0.1, 0.15) is 23.5 Å². The van der Waals surface area contributed by atoms with Gasteiger partial charge in [-0.2, -0.15) is 0 Å². The van der Waals surface area contributed by atoms with E-state index in [9.17, 15) is 19.5 Å². The van der Waals surface area contributed by atoms with Gasteiger partial charge in [0.2, 0.25) is 5.88 Å². The molecule has 0 radical (unpaired) electrons. The first-order valence-corrected chi connectivity index (χ1v) is 8.05. The monoisotopic (exact) mass is 384 g/mol. The average molecular weight is 384 g/mol. The van der Waals surface area contributed by atoms with Gasteiger partial charge in [0.15, 0.2) is 0 Å². The Morgan fingerprint density at radius 3 is 2.54 bits per heavy atom. The van der Waals surface area contributed by atoms with E-state index >= 15 is 0 Å². The summed E-state index contributed by atoms with van der Waals surface area (Å²) in [4.78, 5) is 43.6. The van der Waals surface area contributed by atoms with E-state index in [4.69, 9.17) is 9.84 Å². The molecule has 3 N–H and O–H groups in total. The van der Waals surface area contributed by atoms with Gasteiger partial charge in [-0.05, 0) is 12.1 Å². The molecule has 0 aliphatic heterocycles. The van der Waals surface area contributed by atoms with Gasteiger partial charge in [-0.25, -0.2) is 9.97 Å². The zero-order valence-corrected chi connectivity index (χ0v) is 15.0. The average Bonchev–Trinajstić information content (AvgIpc) is 2.70. The van der Waals surface area contributed by atoms with Crippen LogP contribution >= 0.6 is 0 Å². The summed E-state index contributed by atoms with van der Waals surface area (Å²) in [6, 6.07) is 4.97. The Morgan fingerprint density at radius 2 is 1.93 bits per heavy atom. The highest BCUT2D eigenvalue weighted by Gasteiger charge is 2.22. The van der Waals surface area contributed by atoms with Crippen LogP contribution in [0.25, 0.3) is 22.2 Å². The molecular weight excluding hydrogens is 368 g/mol. The molecule has 1 amide bonds. The first-order valence-electron chi connectivity index (χ1n) is 8.05. The third kappa shape index (κ3) is 3.34. The van der Waals surface area contributed by atoms with Crippen LogP contribution in [0.3, 0.4) is 0 Å². The van der Waals surface area contributed by atoms with E-state index in [1.165, 1.54) is 20.4 Å². The molecule has 0 bridgehead atoms. The predicted octanol–water partition coefficient (Wildman–Crippen LogP) is 0.524. The second kappa shape index (κ2) is 7.35. The minimum absolute atomic E-state index is 0.163. The third-order valence-electron chi connectivity index (χ3n) is 4.10. The number of fused-ring (bicyclic) bond motifs is 1. The van der Waals surface area contributed by atoms with Gasteiger partial charge in [0, 0.05) is 36.6 Å². The lowest BCUT2D eigenvalue weighted by Gasteiger charge is -2.12. The molecule has 10 heteroatoms. The van der Waals surface area contributed by atoms with Gasteiger partial charge in [0.05, 0.1) is 12.5 Å². The van der Waals surface area contributed by atoms with E-state index in [0.717, 1.165) is 4.57 Å². The van der Waals surface area contributed by atoms with Crippen LogP contribution in [0.15, 0.2) is 35.4 Å². The first-order chi connectivity index (χ1) is 13.3. The number of aliphatic carboxylic acids is 1. The highest BCUT2D eigenvalue weighted by molar-refractivity contribution is 6.03. The van der Waals surface area contributed by atoms with Crippen molar-refractivity contribution in [2.24, 2.45) is 7.05 Å². The maximum atomic E-state index is 12.4. The summed E-state index contributed by atoms with van der Waals surface area (Å²) in [5.41, 5.74) is 0.0960. The number of nitrogens with one attached hydrogen (secondary N) is 1. The Morgan fingerprint density at radius 1 is 1.21 bits per heavy atom. The lowest BCUT2D eigenvalue weighted by atomic mass is 10.1. The molecule has 3 aromatic rings. The number of aromatic nitrogens is 3. The predicted molar refractivity (Wildman–Crippen MR) is 98.4 cm³/mol. The topological polar surface area (TPSA) is 144 Å². The number of carboxylic acids is 1. The number of carbonyl (C=O) groups excluding carboxylic acids is 1. The van der Waals surface area contributed by atoms with Gasteiger partial charge in [-0.3, -0.25) is 19.0 Å². The van der Waals surface area contributed by atoms with Crippen LogP contribution in [-0.4, -0.2) is 50.3 Å². The van der Waals surface area contributed by atoms with Crippen molar-refractivity contribution in [1.82, 2.24) is 19.9 Å². The maximum Gasteiger partial charge on any atom is 0.322 e. The molecular formula is C18H16N4O6. The largest absolute Gasteiger partial charge is 0.506 e. The van der Waals surface area contributed by atoms with Crippen molar-refractivity contribution in [3.05, 3.63) is 46.5 Å². The minimum Gasteiger partial charge on any atom is -0.506 e.